The molecule has 0 aliphatic heterocycles. The fraction of sp³-hybridized carbons (Fsp3) is 0.571. The van der Waals surface area contributed by atoms with Crippen LogP contribution in [0.5, 0.6) is 0 Å². The molecule has 0 heterocycles. The van der Waals surface area contributed by atoms with Crippen LogP contribution < -0.4 is 5.32 Å². The molecule has 0 aromatic heterocycles. The molecule has 90 valence electrons. The van der Waals surface area contributed by atoms with E-state index >= 15 is 0 Å². The zero-order valence-electron chi connectivity index (χ0n) is 11.0. The average molecular weight is 221 g/mol. The van der Waals surface area contributed by atoms with Crippen molar-refractivity contribution in [1.82, 2.24) is 5.32 Å². The van der Waals surface area contributed by atoms with E-state index in [-0.39, 0.29) is 12.1 Å². The summed E-state index contributed by atoms with van der Waals surface area (Å²) in [6.45, 7) is 9.46. The molecule has 1 rings (SSSR count). The molecule has 0 bridgehead atoms. The van der Waals surface area contributed by atoms with Gasteiger partial charge in [-0.05, 0) is 38.4 Å². The highest BCUT2D eigenvalue weighted by Crippen LogP contribution is 2.23. The molecule has 0 spiro atoms. The standard InChI is InChI=1S/C14H23NO/c1-6-15-14(12(4)16-5)13-9-10(2)7-8-11(13)3/h7-9,12,14-15H,6H2,1-5H3. The number of benzene rings is 1. The third-order valence-corrected chi connectivity index (χ3v) is 3.04. The predicted molar refractivity (Wildman–Crippen MR) is 68.8 cm³/mol. The van der Waals surface area contributed by atoms with Gasteiger partial charge in [0.2, 0.25) is 0 Å². The van der Waals surface area contributed by atoms with Crippen LogP contribution in [0.3, 0.4) is 0 Å². The van der Waals surface area contributed by atoms with Crippen LogP contribution in [0.2, 0.25) is 0 Å². The van der Waals surface area contributed by atoms with Crippen LogP contribution in [0.1, 0.15) is 36.6 Å². The van der Waals surface area contributed by atoms with Crippen molar-refractivity contribution >= 4 is 0 Å². The highest BCUT2D eigenvalue weighted by molar-refractivity contribution is 5.33. The Kier molecular flexibility index (Phi) is 4.97. The molecule has 1 N–H and O–H groups in total. The molecule has 2 heteroatoms. The smallest absolute Gasteiger partial charge is 0.0737 e. The fourth-order valence-electron chi connectivity index (χ4n) is 1.98. The molecule has 2 atom stereocenters. The highest BCUT2D eigenvalue weighted by atomic mass is 16.5. The van der Waals surface area contributed by atoms with E-state index in [0.29, 0.717) is 0 Å². The first-order chi connectivity index (χ1) is 7.60. The molecule has 2 unspecified atom stereocenters. The average Bonchev–Trinajstić information content (AvgIpc) is 2.28. The molecule has 2 nitrogen and oxygen atoms in total. The number of likely N-dealkylation sites (N-methyl/N-ethyl adjacent to an activating group) is 1. The van der Waals surface area contributed by atoms with E-state index in [1.54, 1.807) is 7.11 Å². The summed E-state index contributed by atoms with van der Waals surface area (Å²) in [6, 6.07) is 6.85. The Morgan fingerprint density at radius 3 is 2.56 bits per heavy atom. The van der Waals surface area contributed by atoms with Gasteiger partial charge >= 0.3 is 0 Å². The quantitative estimate of drug-likeness (QED) is 0.825. The Morgan fingerprint density at radius 1 is 1.31 bits per heavy atom. The SMILES string of the molecule is CCNC(c1cc(C)ccc1C)C(C)OC. The van der Waals surface area contributed by atoms with E-state index in [2.05, 4.69) is 51.2 Å². The Hall–Kier alpha value is -0.860. The minimum atomic E-state index is 0.181. The number of hydrogen-bond acceptors (Lipinski definition) is 2. The molecule has 0 aliphatic carbocycles. The zero-order chi connectivity index (χ0) is 12.1. The van der Waals surface area contributed by atoms with Gasteiger partial charge in [-0.2, -0.15) is 0 Å². The van der Waals surface area contributed by atoms with E-state index in [1.165, 1.54) is 16.7 Å². The van der Waals surface area contributed by atoms with Crippen molar-refractivity contribution in [3.8, 4) is 0 Å². The number of nitrogens with one attached hydrogen (secondary N) is 1. The Bertz CT molecular complexity index is 336. The van der Waals surface area contributed by atoms with Gasteiger partial charge in [0.1, 0.15) is 0 Å². The molecule has 0 radical (unpaired) electrons. The summed E-state index contributed by atoms with van der Waals surface area (Å²) in [6.07, 6.45) is 0.181. The van der Waals surface area contributed by atoms with E-state index in [9.17, 15) is 0 Å². The second kappa shape index (κ2) is 6.02. The summed E-state index contributed by atoms with van der Waals surface area (Å²) in [7, 11) is 1.76. The minimum absolute atomic E-state index is 0.181. The van der Waals surface area contributed by atoms with Crippen LogP contribution >= 0.6 is 0 Å². The van der Waals surface area contributed by atoms with E-state index < -0.39 is 0 Å². The molecular weight excluding hydrogens is 198 g/mol. The number of rotatable bonds is 5. The third kappa shape index (κ3) is 3.06. The first-order valence-corrected chi connectivity index (χ1v) is 5.93. The zero-order valence-corrected chi connectivity index (χ0v) is 11.0. The summed E-state index contributed by atoms with van der Waals surface area (Å²) in [5.74, 6) is 0. The molecule has 1 aromatic rings. The lowest BCUT2D eigenvalue weighted by atomic mass is 9.95. The van der Waals surface area contributed by atoms with Crippen LogP contribution in [0, 0.1) is 13.8 Å². The minimum Gasteiger partial charge on any atom is -0.380 e. The Labute approximate surface area is 99.0 Å². The van der Waals surface area contributed by atoms with E-state index in [4.69, 9.17) is 4.74 Å². The largest absolute Gasteiger partial charge is 0.380 e. The van der Waals surface area contributed by atoms with Crippen molar-refractivity contribution in [2.75, 3.05) is 13.7 Å². The summed E-state index contributed by atoms with van der Waals surface area (Å²) in [5.41, 5.74) is 3.96. The second-order valence-electron chi connectivity index (χ2n) is 4.34. The number of ether oxygens (including phenoxy) is 1. The lowest BCUT2D eigenvalue weighted by Gasteiger charge is -2.26. The Balaban J connectivity index is 3.04. The van der Waals surface area contributed by atoms with Crippen LogP contribution in [-0.2, 0) is 4.74 Å². The topological polar surface area (TPSA) is 21.3 Å². The highest BCUT2D eigenvalue weighted by Gasteiger charge is 2.19. The molecular formula is C14H23NO. The predicted octanol–water partition coefficient (Wildman–Crippen LogP) is 2.99. The normalized spacial score (nSPS) is 14.8. The van der Waals surface area contributed by atoms with Crippen LogP contribution in [0.4, 0.5) is 0 Å². The van der Waals surface area contributed by atoms with E-state index in [0.717, 1.165) is 6.54 Å². The van der Waals surface area contributed by atoms with Crippen molar-refractivity contribution in [3.05, 3.63) is 34.9 Å². The Morgan fingerprint density at radius 2 is 2.00 bits per heavy atom. The fourth-order valence-corrected chi connectivity index (χ4v) is 1.98. The van der Waals surface area contributed by atoms with Gasteiger partial charge < -0.3 is 10.1 Å². The van der Waals surface area contributed by atoms with Gasteiger partial charge in [0, 0.05) is 7.11 Å². The van der Waals surface area contributed by atoms with Crippen molar-refractivity contribution < 1.29 is 4.74 Å². The van der Waals surface area contributed by atoms with Gasteiger partial charge in [0.15, 0.2) is 0 Å². The number of aryl methyl sites for hydroxylation is 2. The summed E-state index contributed by atoms with van der Waals surface area (Å²) < 4.78 is 5.45. The maximum atomic E-state index is 5.45. The van der Waals surface area contributed by atoms with Crippen molar-refractivity contribution in [3.63, 3.8) is 0 Å². The maximum absolute atomic E-state index is 5.45. The van der Waals surface area contributed by atoms with Crippen molar-refractivity contribution in [2.45, 2.75) is 39.8 Å². The molecule has 16 heavy (non-hydrogen) atoms. The lowest BCUT2D eigenvalue weighted by Crippen LogP contribution is -2.31. The maximum Gasteiger partial charge on any atom is 0.0737 e. The molecule has 0 saturated carbocycles. The lowest BCUT2D eigenvalue weighted by molar-refractivity contribution is 0.0833. The van der Waals surface area contributed by atoms with Crippen molar-refractivity contribution in [1.29, 1.82) is 0 Å². The van der Waals surface area contributed by atoms with Gasteiger partial charge in [-0.3, -0.25) is 0 Å². The summed E-state index contributed by atoms with van der Waals surface area (Å²) in [4.78, 5) is 0. The molecule has 0 amide bonds. The molecule has 0 saturated heterocycles. The second-order valence-corrected chi connectivity index (χ2v) is 4.34. The summed E-state index contributed by atoms with van der Waals surface area (Å²) in [5, 5.41) is 3.49. The molecule has 0 aliphatic rings. The van der Waals surface area contributed by atoms with Gasteiger partial charge in [0.25, 0.3) is 0 Å². The first-order valence-electron chi connectivity index (χ1n) is 5.93. The summed E-state index contributed by atoms with van der Waals surface area (Å²) >= 11 is 0. The third-order valence-electron chi connectivity index (χ3n) is 3.04. The monoisotopic (exact) mass is 221 g/mol. The van der Waals surface area contributed by atoms with Crippen LogP contribution in [0.25, 0.3) is 0 Å². The van der Waals surface area contributed by atoms with Gasteiger partial charge in [0.05, 0.1) is 12.1 Å². The van der Waals surface area contributed by atoms with Crippen LogP contribution in [0.15, 0.2) is 18.2 Å². The van der Waals surface area contributed by atoms with Crippen molar-refractivity contribution in [2.24, 2.45) is 0 Å². The number of methoxy groups -OCH3 is 1. The molecule has 0 fully saturated rings. The van der Waals surface area contributed by atoms with Gasteiger partial charge in [-0.25, -0.2) is 0 Å². The number of hydrogen-bond donors (Lipinski definition) is 1. The first kappa shape index (κ1) is 13.2. The van der Waals surface area contributed by atoms with Gasteiger partial charge in [-0.1, -0.05) is 30.7 Å². The van der Waals surface area contributed by atoms with Gasteiger partial charge in [-0.15, -0.1) is 0 Å². The molecule has 1 aromatic carbocycles. The van der Waals surface area contributed by atoms with E-state index in [1.807, 2.05) is 0 Å². The van der Waals surface area contributed by atoms with Crippen LogP contribution in [-0.4, -0.2) is 19.8 Å².